The van der Waals surface area contributed by atoms with Crippen molar-refractivity contribution < 1.29 is 9.18 Å². The van der Waals surface area contributed by atoms with Gasteiger partial charge in [-0.1, -0.05) is 32.9 Å². The second kappa shape index (κ2) is 6.66. The normalized spacial score (nSPS) is 13.1. The molecular formula is C15H23FN2O. The number of hydrogen-bond acceptors (Lipinski definition) is 2. The van der Waals surface area contributed by atoms with Crippen LogP contribution in [0.4, 0.5) is 4.39 Å². The van der Waals surface area contributed by atoms with Gasteiger partial charge in [0.05, 0.1) is 6.42 Å². The average molecular weight is 266 g/mol. The van der Waals surface area contributed by atoms with Crippen LogP contribution in [-0.4, -0.2) is 18.5 Å². The molecule has 0 aliphatic carbocycles. The summed E-state index contributed by atoms with van der Waals surface area (Å²) in [7, 11) is 0. The molecule has 3 nitrogen and oxygen atoms in total. The summed E-state index contributed by atoms with van der Waals surface area (Å²) in [5.74, 6) is -0.418. The third-order valence-electron chi connectivity index (χ3n) is 3.09. The number of rotatable bonds is 5. The summed E-state index contributed by atoms with van der Waals surface area (Å²) in [6.45, 7) is 6.73. The molecule has 3 N–H and O–H groups in total. The van der Waals surface area contributed by atoms with Crippen molar-refractivity contribution >= 4 is 5.91 Å². The van der Waals surface area contributed by atoms with Crippen LogP contribution in [-0.2, 0) is 11.2 Å². The number of benzene rings is 1. The lowest BCUT2D eigenvalue weighted by Crippen LogP contribution is -2.45. The van der Waals surface area contributed by atoms with Gasteiger partial charge in [-0.2, -0.15) is 0 Å². The fourth-order valence-corrected chi connectivity index (χ4v) is 1.97. The summed E-state index contributed by atoms with van der Waals surface area (Å²) in [6, 6.07) is 6.14. The second-order valence-corrected chi connectivity index (χ2v) is 5.87. The summed E-state index contributed by atoms with van der Waals surface area (Å²) in [5, 5.41) is 2.98. The molecule has 0 radical (unpaired) electrons. The van der Waals surface area contributed by atoms with Crippen LogP contribution in [0.5, 0.6) is 0 Å². The quantitative estimate of drug-likeness (QED) is 0.859. The van der Waals surface area contributed by atoms with E-state index >= 15 is 0 Å². The van der Waals surface area contributed by atoms with Gasteiger partial charge in [-0.3, -0.25) is 4.79 Å². The molecule has 0 aromatic heterocycles. The molecule has 1 unspecified atom stereocenters. The molecule has 0 spiro atoms. The molecule has 106 valence electrons. The van der Waals surface area contributed by atoms with E-state index in [1.54, 1.807) is 12.1 Å². The third kappa shape index (κ3) is 5.39. The van der Waals surface area contributed by atoms with E-state index in [-0.39, 0.29) is 29.6 Å². The van der Waals surface area contributed by atoms with Gasteiger partial charge in [0, 0.05) is 6.04 Å². The summed E-state index contributed by atoms with van der Waals surface area (Å²) >= 11 is 0. The number of halogens is 1. The van der Waals surface area contributed by atoms with Crippen LogP contribution >= 0.6 is 0 Å². The van der Waals surface area contributed by atoms with Crippen molar-refractivity contribution in [3.05, 3.63) is 35.6 Å². The Morgan fingerprint density at radius 3 is 2.63 bits per heavy atom. The fraction of sp³-hybridized carbons (Fsp3) is 0.533. The van der Waals surface area contributed by atoms with Crippen molar-refractivity contribution in [2.45, 2.75) is 39.7 Å². The van der Waals surface area contributed by atoms with Crippen LogP contribution in [0.2, 0.25) is 0 Å². The Bertz CT molecular complexity index is 426. The highest BCUT2D eigenvalue weighted by Crippen LogP contribution is 2.21. The molecule has 1 aromatic carbocycles. The number of carbonyl (C=O) groups excluding carboxylic acids is 1. The Morgan fingerprint density at radius 1 is 1.42 bits per heavy atom. The van der Waals surface area contributed by atoms with Crippen LogP contribution in [0.3, 0.4) is 0 Å². The second-order valence-electron chi connectivity index (χ2n) is 5.87. The maximum absolute atomic E-state index is 13.0. The molecule has 4 heteroatoms. The first-order valence-corrected chi connectivity index (χ1v) is 6.57. The lowest BCUT2D eigenvalue weighted by molar-refractivity contribution is -0.121. The van der Waals surface area contributed by atoms with Crippen molar-refractivity contribution in [1.29, 1.82) is 0 Å². The Hall–Kier alpha value is -1.42. The Morgan fingerprint density at radius 2 is 2.11 bits per heavy atom. The maximum Gasteiger partial charge on any atom is 0.224 e. The molecule has 0 saturated heterocycles. The summed E-state index contributed by atoms with van der Waals surface area (Å²) in [6.07, 6.45) is 0.924. The summed E-state index contributed by atoms with van der Waals surface area (Å²) in [5.41, 5.74) is 6.21. The van der Waals surface area contributed by atoms with Crippen molar-refractivity contribution in [2.24, 2.45) is 11.1 Å². The standard InChI is InChI=1S/C15H23FN2O/c1-15(2,3)13(7-8-17)18-14(19)10-11-5-4-6-12(16)9-11/h4-6,9,13H,7-8,10,17H2,1-3H3,(H,18,19). The van der Waals surface area contributed by atoms with E-state index in [4.69, 9.17) is 5.73 Å². The first kappa shape index (κ1) is 15.6. The molecule has 19 heavy (non-hydrogen) atoms. The monoisotopic (exact) mass is 266 g/mol. The van der Waals surface area contributed by atoms with Crippen molar-refractivity contribution in [3.63, 3.8) is 0 Å². The van der Waals surface area contributed by atoms with Crippen LogP contribution in [0.25, 0.3) is 0 Å². The number of amides is 1. The number of carbonyl (C=O) groups is 1. The molecule has 1 atom stereocenters. The van der Waals surface area contributed by atoms with E-state index in [1.165, 1.54) is 12.1 Å². The highest BCUT2D eigenvalue weighted by molar-refractivity contribution is 5.78. The van der Waals surface area contributed by atoms with Crippen molar-refractivity contribution in [2.75, 3.05) is 6.54 Å². The fourth-order valence-electron chi connectivity index (χ4n) is 1.97. The van der Waals surface area contributed by atoms with Gasteiger partial charge in [0.15, 0.2) is 0 Å². The predicted octanol–water partition coefficient (Wildman–Crippen LogP) is 2.25. The van der Waals surface area contributed by atoms with Crippen molar-refractivity contribution in [3.8, 4) is 0 Å². The zero-order valence-corrected chi connectivity index (χ0v) is 11.9. The minimum atomic E-state index is -0.320. The third-order valence-corrected chi connectivity index (χ3v) is 3.09. The van der Waals surface area contributed by atoms with Gasteiger partial charge in [0.25, 0.3) is 0 Å². The lowest BCUT2D eigenvalue weighted by atomic mass is 9.84. The van der Waals surface area contributed by atoms with E-state index in [2.05, 4.69) is 26.1 Å². The predicted molar refractivity (Wildman–Crippen MR) is 75.2 cm³/mol. The Balaban J connectivity index is 2.63. The molecule has 0 bridgehead atoms. The topological polar surface area (TPSA) is 55.1 Å². The Labute approximate surface area is 114 Å². The summed E-state index contributed by atoms with van der Waals surface area (Å²) in [4.78, 5) is 12.0. The van der Waals surface area contributed by atoms with E-state index in [1.807, 2.05) is 0 Å². The lowest BCUT2D eigenvalue weighted by Gasteiger charge is -2.31. The molecule has 1 rings (SSSR count). The first-order chi connectivity index (χ1) is 8.82. The molecule has 0 heterocycles. The van der Waals surface area contributed by atoms with Crippen molar-refractivity contribution in [1.82, 2.24) is 5.32 Å². The van der Waals surface area contributed by atoms with Gasteiger partial charge >= 0.3 is 0 Å². The van der Waals surface area contributed by atoms with E-state index in [0.717, 1.165) is 6.42 Å². The zero-order chi connectivity index (χ0) is 14.5. The van der Waals surface area contributed by atoms with E-state index in [0.29, 0.717) is 12.1 Å². The molecule has 0 saturated carbocycles. The molecular weight excluding hydrogens is 243 g/mol. The molecule has 0 fully saturated rings. The van der Waals surface area contributed by atoms with Gasteiger partial charge in [0.2, 0.25) is 5.91 Å². The molecule has 1 aromatic rings. The number of hydrogen-bond donors (Lipinski definition) is 2. The van der Waals surface area contributed by atoms with Crippen LogP contribution in [0.1, 0.15) is 32.8 Å². The van der Waals surface area contributed by atoms with Gasteiger partial charge in [-0.15, -0.1) is 0 Å². The largest absolute Gasteiger partial charge is 0.353 e. The minimum Gasteiger partial charge on any atom is -0.353 e. The number of nitrogens with two attached hydrogens (primary N) is 1. The van der Waals surface area contributed by atoms with Gasteiger partial charge in [-0.05, 0) is 36.1 Å². The first-order valence-electron chi connectivity index (χ1n) is 6.57. The van der Waals surface area contributed by atoms with Gasteiger partial charge < -0.3 is 11.1 Å². The number of nitrogens with one attached hydrogen (secondary N) is 1. The maximum atomic E-state index is 13.0. The molecule has 1 amide bonds. The minimum absolute atomic E-state index is 0.0264. The average Bonchev–Trinajstić information content (AvgIpc) is 2.27. The summed E-state index contributed by atoms with van der Waals surface area (Å²) < 4.78 is 13.0. The van der Waals surface area contributed by atoms with E-state index in [9.17, 15) is 9.18 Å². The molecule has 0 aliphatic heterocycles. The highest BCUT2D eigenvalue weighted by Gasteiger charge is 2.25. The SMILES string of the molecule is CC(C)(C)C(CCN)NC(=O)Cc1cccc(F)c1. The van der Waals surface area contributed by atoms with Gasteiger partial charge in [-0.25, -0.2) is 4.39 Å². The Kier molecular flexibility index (Phi) is 5.48. The van der Waals surface area contributed by atoms with Crippen LogP contribution in [0, 0.1) is 11.2 Å². The van der Waals surface area contributed by atoms with Gasteiger partial charge in [0.1, 0.15) is 5.82 Å². The zero-order valence-electron chi connectivity index (χ0n) is 11.9. The van der Waals surface area contributed by atoms with Crippen LogP contribution < -0.4 is 11.1 Å². The smallest absolute Gasteiger partial charge is 0.224 e. The highest BCUT2D eigenvalue weighted by atomic mass is 19.1. The van der Waals surface area contributed by atoms with Crippen LogP contribution in [0.15, 0.2) is 24.3 Å². The van der Waals surface area contributed by atoms with E-state index < -0.39 is 0 Å². The molecule has 0 aliphatic rings.